The lowest BCUT2D eigenvalue weighted by Gasteiger charge is -2.20. The molecule has 3 rings (SSSR count). The minimum atomic E-state index is 0.633. The van der Waals surface area contributed by atoms with Gasteiger partial charge in [-0.2, -0.15) is 0 Å². The standard InChI is InChI=1S/C17H26N2/c1-13(2)15-6-4-14(5-7-15)10-19-11-16-8-9-18(3)17(16)12-19/h4-7,13,16-17H,8-12H2,1-3H3. The van der Waals surface area contributed by atoms with Crippen molar-refractivity contribution in [3.8, 4) is 0 Å². The van der Waals surface area contributed by atoms with Crippen LogP contribution in [0, 0.1) is 5.92 Å². The lowest BCUT2D eigenvalue weighted by atomic mass is 10.0. The second-order valence-electron chi connectivity index (χ2n) is 6.69. The summed E-state index contributed by atoms with van der Waals surface area (Å²) in [6.07, 6.45) is 1.39. The highest BCUT2D eigenvalue weighted by molar-refractivity contribution is 5.24. The molecule has 2 nitrogen and oxygen atoms in total. The minimum absolute atomic E-state index is 0.633. The van der Waals surface area contributed by atoms with E-state index < -0.39 is 0 Å². The number of likely N-dealkylation sites (N-methyl/N-ethyl adjacent to an activating group) is 1. The van der Waals surface area contributed by atoms with Gasteiger partial charge in [-0.3, -0.25) is 4.90 Å². The Bertz CT molecular complexity index is 423. The van der Waals surface area contributed by atoms with Crippen LogP contribution in [0.4, 0.5) is 0 Å². The summed E-state index contributed by atoms with van der Waals surface area (Å²) in [6, 6.07) is 10.0. The van der Waals surface area contributed by atoms with Gasteiger partial charge in [0.2, 0.25) is 0 Å². The van der Waals surface area contributed by atoms with Gasteiger partial charge in [-0.05, 0) is 43.0 Å². The van der Waals surface area contributed by atoms with Gasteiger partial charge in [-0.15, -0.1) is 0 Å². The Hall–Kier alpha value is -0.860. The van der Waals surface area contributed by atoms with Crippen LogP contribution < -0.4 is 0 Å². The van der Waals surface area contributed by atoms with E-state index in [1.54, 1.807) is 0 Å². The number of fused-ring (bicyclic) bond motifs is 1. The number of hydrogen-bond donors (Lipinski definition) is 0. The monoisotopic (exact) mass is 258 g/mol. The van der Waals surface area contributed by atoms with E-state index in [0.717, 1.165) is 18.5 Å². The summed E-state index contributed by atoms with van der Waals surface area (Å²) < 4.78 is 0. The average molecular weight is 258 g/mol. The Labute approximate surface area is 117 Å². The first-order valence-corrected chi connectivity index (χ1v) is 7.65. The molecular weight excluding hydrogens is 232 g/mol. The van der Waals surface area contributed by atoms with Crippen LogP contribution >= 0.6 is 0 Å². The highest BCUT2D eigenvalue weighted by Gasteiger charge is 2.39. The molecule has 2 saturated heterocycles. The molecule has 104 valence electrons. The third-order valence-corrected chi connectivity index (χ3v) is 4.95. The molecule has 0 radical (unpaired) electrons. The van der Waals surface area contributed by atoms with E-state index >= 15 is 0 Å². The minimum Gasteiger partial charge on any atom is -0.302 e. The first-order valence-electron chi connectivity index (χ1n) is 7.65. The van der Waals surface area contributed by atoms with Crippen molar-refractivity contribution >= 4 is 0 Å². The van der Waals surface area contributed by atoms with Gasteiger partial charge in [0.05, 0.1) is 0 Å². The summed E-state index contributed by atoms with van der Waals surface area (Å²) in [6.45, 7) is 9.48. The topological polar surface area (TPSA) is 6.48 Å². The van der Waals surface area contributed by atoms with Crippen molar-refractivity contribution in [3.05, 3.63) is 35.4 Å². The number of likely N-dealkylation sites (tertiary alicyclic amines) is 2. The van der Waals surface area contributed by atoms with Crippen molar-refractivity contribution in [1.29, 1.82) is 0 Å². The highest BCUT2D eigenvalue weighted by Crippen LogP contribution is 2.31. The molecule has 2 unspecified atom stereocenters. The van der Waals surface area contributed by atoms with Gasteiger partial charge in [0.15, 0.2) is 0 Å². The zero-order valence-electron chi connectivity index (χ0n) is 12.5. The molecule has 2 aliphatic rings. The second kappa shape index (κ2) is 5.26. The average Bonchev–Trinajstić information content (AvgIpc) is 2.93. The van der Waals surface area contributed by atoms with Gasteiger partial charge in [-0.1, -0.05) is 38.1 Å². The highest BCUT2D eigenvalue weighted by atomic mass is 15.3. The molecule has 1 aromatic carbocycles. The largest absolute Gasteiger partial charge is 0.302 e. The van der Waals surface area contributed by atoms with Gasteiger partial charge >= 0.3 is 0 Å². The lowest BCUT2D eigenvalue weighted by molar-refractivity contribution is 0.255. The maximum absolute atomic E-state index is 2.63. The fourth-order valence-corrected chi connectivity index (χ4v) is 3.65. The number of nitrogens with zero attached hydrogens (tertiary/aromatic N) is 2. The lowest BCUT2D eigenvalue weighted by Crippen LogP contribution is -2.31. The van der Waals surface area contributed by atoms with E-state index in [0.29, 0.717) is 5.92 Å². The Morgan fingerprint density at radius 2 is 1.89 bits per heavy atom. The van der Waals surface area contributed by atoms with Crippen molar-refractivity contribution < 1.29 is 0 Å². The first kappa shape index (κ1) is 13.1. The SMILES string of the molecule is CC(C)c1ccc(CN2CC3CCN(C)C3C2)cc1. The van der Waals surface area contributed by atoms with Crippen molar-refractivity contribution in [1.82, 2.24) is 9.80 Å². The van der Waals surface area contributed by atoms with Gasteiger partial charge in [-0.25, -0.2) is 0 Å². The second-order valence-corrected chi connectivity index (χ2v) is 6.69. The Morgan fingerprint density at radius 1 is 1.16 bits per heavy atom. The fourth-order valence-electron chi connectivity index (χ4n) is 3.65. The molecule has 2 heterocycles. The van der Waals surface area contributed by atoms with Crippen LogP contribution in [0.15, 0.2) is 24.3 Å². The van der Waals surface area contributed by atoms with E-state index in [1.807, 2.05) is 0 Å². The van der Waals surface area contributed by atoms with Crippen molar-refractivity contribution in [3.63, 3.8) is 0 Å². The molecule has 2 fully saturated rings. The molecule has 0 saturated carbocycles. The predicted molar refractivity (Wildman–Crippen MR) is 80.3 cm³/mol. The maximum Gasteiger partial charge on any atom is 0.0261 e. The molecule has 2 aliphatic heterocycles. The quantitative estimate of drug-likeness (QED) is 0.822. The zero-order valence-corrected chi connectivity index (χ0v) is 12.5. The summed E-state index contributed by atoms with van der Waals surface area (Å²) >= 11 is 0. The zero-order chi connectivity index (χ0) is 13.4. The van der Waals surface area contributed by atoms with Crippen molar-refractivity contribution in [2.75, 3.05) is 26.7 Å². The van der Waals surface area contributed by atoms with E-state index in [1.165, 1.54) is 37.2 Å². The number of hydrogen-bond acceptors (Lipinski definition) is 2. The maximum atomic E-state index is 2.63. The number of benzene rings is 1. The molecule has 2 atom stereocenters. The van der Waals surface area contributed by atoms with Gasteiger partial charge in [0, 0.05) is 25.7 Å². The van der Waals surface area contributed by atoms with Crippen LogP contribution in [-0.4, -0.2) is 42.5 Å². The molecular formula is C17H26N2. The summed E-state index contributed by atoms with van der Waals surface area (Å²) in [5, 5.41) is 0. The van der Waals surface area contributed by atoms with Crippen LogP contribution in [0.25, 0.3) is 0 Å². The molecule has 1 aromatic rings. The van der Waals surface area contributed by atoms with Crippen molar-refractivity contribution in [2.24, 2.45) is 5.92 Å². The molecule has 0 spiro atoms. The van der Waals surface area contributed by atoms with E-state index in [4.69, 9.17) is 0 Å². The van der Waals surface area contributed by atoms with Crippen LogP contribution in [0.2, 0.25) is 0 Å². The van der Waals surface area contributed by atoms with Crippen LogP contribution in [0.1, 0.15) is 37.3 Å². The van der Waals surface area contributed by atoms with Gasteiger partial charge in [0.25, 0.3) is 0 Å². The Kier molecular flexibility index (Phi) is 3.64. The normalized spacial score (nSPS) is 28.2. The molecule has 0 aliphatic carbocycles. The summed E-state index contributed by atoms with van der Waals surface area (Å²) in [5.74, 6) is 1.55. The smallest absolute Gasteiger partial charge is 0.0261 e. The van der Waals surface area contributed by atoms with E-state index in [9.17, 15) is 0 Å². The van der Waals surface area contributed by atoms with Crippen LogP contribution in [0.5, 0.6) is 0 Å². The van der Waals surface area contributed by atoms with Crippen molar-refractivity contribution in [2.45, 2.75) is 38.8 Å². The molecule has 0 N–H and O–H groups in total. The summed E-state index contributed by atoms with van der Waals surface area (Å²) in [7, 11) is 2.28. The predicted octanol–water partition coefficient (Wildman–Crippen LogP) is 2.95. The third kappa shape index (κ3) is 2.70. The molecule has 0 aromatic heterocycles. The molecule has 19 heavy (non-hydrogen) atoms. The number of rotatable bonds is 3. The molecule has 0 bridgehead atoms. The van der Waals surface area contributed by atoms with Gasteiger partial charge < -0.3 is 4.90 Å². The Balaban J connectivity index is 1.60. The summed E-state index contributed by atoms with van der Waals surface area (Å²) in [5.41, 5.74) is 2.91. The van der Waals surface area contributed by atoms with Gasteiger partial charge in [0.1, 0.15) is 0 Å². The third-order valence-electron chi connectivity index (χ3n) is 4.95. The molecule has 0 amide bonds. The van der Waals surface area contributed by atoms with E-state index in [-0.39, 0.29) is 0 Å². The van der Waals surface area contributed by atoms with Crippen LogP contribution in [0.3, 0.4) is 0 Å². The Morgan fingerprint density at radius 3 is 2.53 bits per heavy atom. The first-order chi connectivity index (χ1) is 9.13. The summed E-state index contributed by atoms with van der Waals surface area (Å²) in [4.78, 5) is 5.18. The molecule has 2 heteroatoms. The van der Waals surface area contributed by atoms with E-state index in [2.05, 4.69) is 55.0 Å². The fraction of sp³-hybridized carbons (Fsp3) is 0.647. The van der Waals surface area contributed by atoms with Crippen LogP contribution in [-0.2, 0) is 6.54 Å².